The maximum atomic E-state index is 12.1. The van der Waals surface area contributed by atoms with E-state index >= 15 is 0 Å². The Hall–Kier alpha value is -1.30. The van der Waals surface area contributed by atoms with Gasteiger partial charge in [0.05, 0.1) is 18.1 Å². The third-order valence-corrected chi connectivity index (χ3v) is 4.23. The Kier molecular flexibility index (Phi) is 5.61. The first kappa shape index (κ1) is 17.8. The maximum absolute atomic E-state index is 12.1. The van der Waals surface area contributed by atoms with E-state index in [1.807, 2.05) is 13.8 Å². The number of rotatable bonds is 6. The lowest BCUT2D eigenvalue weighted by Gasteiger charge is -2.52. The third-order valence-electron chi connectivity index (χ3n) is 4.23. The number of carboxylic acid groups (broad SMARTS) is 1. The SMILES string of the molecule is CC(C)OC1CC(NC(=O)N(C)CC(C)C(=O)O)C1(C)C. The van der Waals surface area contributed by atoms with Crippen LogP contribution in [0.25, 0.3) is 0 Å². The number of aliphatic carboxylic acids is 1. The zero-order valence-electron chi connectivity index (χ0n) is 13.8. The molecule has 0 saturated heterocycles. The standard InChI is InChI=1S/C15H28N2O4/c1-9(2)21-12-7-11(15(12,4)5)16-14(20)17(6)8-10(3)13(18)19/h9-12H,7-8H2,1-6H3,(H,16,20)(H,18,19). The number of amides is 2. The highest BCUT2D eigenvalue weighted by atomic mass is 16.5. The number of hydrogen-bond donors (Lipinski definition) is 2. The Balaban J connectivity index is 2.48. The molecule has 0 aliphatic heterocycles. The molecule has 1 aliphatic carbocycles. The van der Waals surface area contributed by atoms with Gasteiger partial charge in [-0.3, -0.25) is 4.79 Å². The number of nitrogens with zero attached hydrogens (tertiary/aromatic N) is 1. The van der Waals surface area contributed by atoms with Crippen molar-refractivity contribution < 1.29 is 19.4 Å². The summed E-state index contributed by atoms with van der Waals surface area (Å²) in [7, 11) is 1.61. The molecule has 0 aromatic rings. The highest BCUT2D eigenvalue weighted by molar-refractivity contribution is 5.76. The number of hydrogen-bond acceptors (Lipinski definition) is 3. The number of nitrogens with one attached hydrogen (secondary N) is 1. The van der Waals surface area contributed by atoms with E-state index in [0.717, 1.165) is 6.42 Å². The molecule has 2 N–H and O–H groups in total. The molecule has 0 radical (unpaired) electrons. The Labute approximate surface area is 126 Å². The van der Waals surface area contributed by atoms with E-state index in [1.54, 1.807) is 14.0 Å². The lowest BCUT2D eigenvalue weighted by molar-refractivity contribution is -0.141. The molecule has 3 atom stereocenters. The molecule has 21 heavy (non-hydrogen) atoms. The van der Waals surface area contributed by atoms with Crippen LogP contribution in [-0.2, 0) is 9.53 Å². The van der Waals surface area contributed by atoms with Crippen LogP contribution in [0.2, 0.25) is 0 Å². The molecule has 0 spiro atoms. The van der Waals surface area contributed by atoms with Crippen LogP contribution in [0.3, 0.4) is 0 Å². The summed E-state index contributed by atoms with van der Waals surface area (Å²) in [6.45, 7) is 9.95. The smallest absolute Gasteiger partial charge is 0.317 e. The van der Waals surface area contributed by atoms with Crippen LogP contribution in [0.15, 0.2) is 0 Å². The van der Waals surface area contributed by atoms with E-state index in [2.05, 4.69) is 19.2 Å². The topological polar surface area (TPSA) is 78.9 Å². The largest absolute Gasteiger partial charge is 0.481 e. The summed E-state index contributed by atoms with van der Waals surface area (Å²) in [5, 5.41) is 11.8. The molecule has 0 aromatic carbocycles. The molecule has 3 unspecified atom stereocenters. The molecule has 2 amide bonds. The highest BCUT2D eigenvalue weighted by Gasteiger charge is 2.50. The van der Waals surface area contributed by atoms with E-state index in [1.165, 1.54) is 4.90 Å². The van der Waals surface area contributed by atoms with Gasteiger partial charge in [-0.2, -0.15) is 0 Å². The normalized spacial score (nSPS) is 25.1. The predicted octanol–water partition coefficient (Wildman–Crippen LogP) is 1.94. The van der Waals surface area contributed by atoms with Gasteiger partial charge in [0.25, 0.3) is 0 Å². The van der Waals surface area contributed by atoms with Crippen LogP contribution in [-0.4, -0.2) is 53.8 Å². The second-order valence-electron chi connectivity index (χ2n) is 6.85. The summed E-state index contributed by atoms with van der Waals surface area (Å²) in [6, 6.07) is -0.180. The number of carbonyl (C=O) groups excluding carboxylic acids is 1. The quantitative estimate of drug-likeness (QED) is 0.785. The fraction of sp³-hybridized carbons (Fsp3) is 0.867. The number of ether oxygens (including phenoxy) is 1. The van der Waals surface area contributed by atoms with Gasteiger partial charge in [-0.05, 0) is 20.3 Å². The van der Waals surface area contributed by atoms with Gasteiger partial charge in [0.2, 0.25) is 0 Å². The van der Waals surface area contributed by atoms with Gasteiger partial charge < -0.3 is 20.1 Å². The molecular formula is C15H28N2O4. The first-order valence-corrected chi connectivity index (χ1v) is 7.45. The van der Waals surface area contributed by atoms with Crippen molar-refractivity contribution in [3.63, 3.8) is 0 Å². The summed E-state index contributed by atoms with van der Waals surface area (Å²) >= 11 is 0. The van der Waals surface area contributed by atoms with E-state index in [-0.39, 0.29) is 36.2 Å². The van der Waals surface area contributed by atoms with Crippen molar-refractivity contribution in [2.45, 2.75) is 59.3 Å². The van der Waals surface area contributed by atoms with Crippen molar-refractivity contribution >= 4 is 12.0 Å². The van der Waals surface area contributed by atoms with Crippen molar-refractivity contribution in [1.82, 2.24) is 10.2 Å². The van der Waals surface area contributed by atoms with E-state index in [0.29, 0.717) is 0 Å². The molecule has 0 bridgehead atoms. The van der Waals surface area contributed by atoms with Crippen LogP contribution >= 0.6 is 0 Å². The number of carbonyl (C=O) groups is 2. The second kappa shape index (κ2) is 6.64. The Morgan fingerprint density at radius 2 is 1.95 bits per heavy atom. The second-order valence-corrected chi connectivity index (χ2v) is 6.85. The molecule has 1 aliphatic rings. The van der Waals surface area contributed by atoms with Crippen LogP contribution in [0.4, 0.5) is 4.79 Å². The minimum Gasteiger partial charge on any atom is -0.481 e. The average molecular weight is 300 g/mol. The van der Waals surface area contributed by atoms with Crippen LogP contribution < -0.4 is 5.32 Å². The Morgan fingerprint density at radius 3 is 2.38 bits per heavy atom. The first-order valence-electron chi connectivity index (χ1n) is 7.45. The van der Waals surface area contributed by atoms with Gasteiger partial charge in [0.15, 0.2) is 0 Å². The first-order chi connectivity index (χ1) is 9.55. The van der Waals surface area contributed by atoms with E-state index < -0.39 is 11.9 Å². The maximum Gasteiger partial charge on any atom is 0.317 e. The third kappa shape index (κ3) is 4.33. The molecule has 6 heteroatoms. The van der Waals surface area contributed by atoms with Crippen molar-refractivity contribution in [3.8, 4) is 0 Å². The summed E-state index contributed by atoms with van der Waals surface area (Å²) in [5.41, 5.74) is -0.112. The van der Waals surface area contributed by atoms with Gasteiger partial charge in [-0.25, -0.2) is 4.79 Å². The van der Waals surface area contributed by atoms with Crippen molar-refractivity contribution in [2.75, 3.05) is 13.6 Å². The van der Waals surface area contributed by atoms with E-state index in [4.69, 9.17) is 9.84 Å². The minimum absolute atomic E-state index is 0.0522. The molecule has 122 valence electrons. The lowest BCUT2D eigenvalue weighted by Crippen LogP contribution is -2.63. The molecule has 0 aromatic heterocycles. The number of urea groups is 1. The Bertz CT molecular complexity index is 395. The summed E-state index contributed by atoms with van der Waals surface area (Å²) in [4.78, 5) is 24.3. The van der Waals surface area contributed by atoms with Gasteiger partial charge in [-0.15, -0.1) is 0 Å². The van der Waals surface area contributed by atoms with Crippen LogP contribution in [0, 0.1) is 11.3 Å². The van der Waals surface area contributed by atoms with E-state index in [9.17, 15) is 9.59 Å². The molecule has 1 saturated carbocycles. The fourth-order valence-corrected chi connectivity index (χ4v) is 2.52. The predicted molar refractivity (Wildman–Crippen MR) is 80.2 cm³/mol. The lowest BCUT2D eigenvalue weighted by atomic mass is 9.64. The van der Waals surface area contributed by atoms with Crippen LogP contribution in [0.1, 0.15) is 41.0 Å². The van der Waals surface area contributed by atoms with Gasteiger partial charge in [0.1, 0.15) is 0 Å². The highest BCUT2D eigenvalue weighted by Crippen LogP contribution is 2.43. The monoisotopic (exact) mass is 300 g/mol. The molecule has 1 fully saturated rings. The molecule has 0 heterocycles. The summed E-state index contributed by atoms with van der Waals surface area (Å²) in [6.07, 6.45) is 1.11. The van der Waals surface area contributed by atoms with Crippen LogP contribution in [0.5, 0.6) is 0 Å². The number of carboxylic acids is 1. The zero-order chi connectivity index (χ0) is 16.4. The summed E-state index contributed by atoms with van der Waals surface area (Å²) < 4.78 is 5.83. The average Bonchev–Trinajstić information content (AvgIpc) is 2.36. The molecular weight excluding hydrogens is 272 g/mol. The van der Waals surface area contributed by atoms with Crippen molar-refractivity contribution in [3.05, 3.63) is 0 Å². The van der Waals surface area contributed by atoms with Crippen molar-refractivity contribution in [2.24, 2.45) is 11.3 Å². The van der Waals surface area contributed by atoms with Gasteiger partial charge >= 0.3 is 12.0 Å². The van der Waals surface area contributed by atoms with Crippen molar-refractivity contribution in [1.29, 1.82) is 0 Å². The Morgan fingerprint density at radius 1 is 1.38 bits per heavy atom. The minimum atomic E-state index is -0.899. The van der Waals surface area contributed by atoms with Gasteiger partial charge in [0, 0.05) is 25.0 Å². The zero-order valence-corrected chi connectivity index (χ0v) is 13.8. The summed E-state index contributed by atoms with van der Waals surface area (Å²) in [5.74, 6) is -1.48. The fourth-order valence-electron chi connectivity index (χ4n) is 2.52. The molecule has 6 nitrogen and oxygen atoms in total. The van der Waals surface area contributed by atoms with Gasteiger partial charge in [-0.1, -0.05) is 20.8 Å². The molecule has 1 rings (SSSR count).